The molecule has 0 aromatic rings. The monoisotopic (exact) mass is 194 g/mol. The molecule has 0 saturated carbocycles. The van der Waals surface area contributed by atoms with E-state index in [9.17, 15) is 0 Å². The highest BCUT2D eigenvalue weighted by Crippen LogP contribution is 2.05. The van der Waals surface area contributed by atoms with Crippen molar-refractivity contribution >= 4 is 8.32 Å². The van der Waals surface area contributed by atoms with E-state index >= 15 is 0 Å². The van der Waals surface area contributed by atoms with Gasteiger partial charge in [-0.05, 0) is 0 Å². The van der Waals surface area contributed by atoms with Gasteiger partial charge >= 0.3 is 0 Å². The number of hydrogen-bond donors (Lipinski definition) is 0. The summed E-state index contributed by atoms with van der Waals surface area (Å²) < 4.78 is 20.7. The van der Waals surface area contributed by atoms with Crippen molar-refractivity contribution in [3.05, 3.63) is 0 Å². The van der Waals surface area contributed by atoms with Crippen LogP contribution in [0.1, 0.15) is 0 Å². The molecule has 0 radical (unpaired) electrons. The van der Waals surface area contributed by atoms with E-state index in [0.29, 0.717) is 18.7 Å². The second kappa shape index (κ2) is 6.56. The zero-order chi connectivity index (χ0) is 9.45. The normalized spacial score (nSPS) is 12.0. The number of ether oxygens (including phenoxy) is 3. The standard InChI is InChI=1S/C7H18O4Si/c1-8-5-12(11-4,6-9-2)7-10-3/h5-7H2,1-4H3. The molecule has 0 heterocycles. The van der Waals surface area contributed by atoms with Gasteiger partial charge in [-0.25, -0.2) is 0 Å². The number of rotatable bonds is 7. The SMILES string of the molecule is COC[Si](COC)(COC)OC. The Kier molecular flexibility index (Phi) is 6.59. The minimum absolute atomic E-state index is 0.602. The molecule has 0 rings (SSSR count). The molecule has 0 fully saturated rings. The summed E-state index contributed by atoms with van der Waals surface area (Å²) in [5.41, 5.74) is 0. The highest BCUT2D eigenvalue weighted by molar-refractivity contribution is 6.73. The van der Waals surface area contributed by atoms with Crippen molar-refractivity contribution in [3.8, 4) is 0 Å². The van der Waals surface area contributed by atoms with Crippen LogP contribution in [0, 0.1) is 0 Å². The van der Waals surface area contributed by atoms with Gasteiger partial charge in [0, 0.05) is 28.4 Å². The fourth-order valence-electron chi connectivity index (χ4n) is 1.09. The molecule has 0 atom stereocenters. The summed E-state index contributed by atoms with van der Waals surface area (Å²) in [5.74, 6) is 0. The van der Waals surface area contributed by atoms with E-state index in [1.165, 1.54) is 0 Å². The van der Waals surface area contributed by atoms with Crippen LogP contribution in [-0.2, 0) is 18.6 Å². The Bertz CT molecular complexity index is 92.6. The van der Waals surface area contributed by atoms with Gasteiger partial charge in [0.05, 0.1) is 18.7 Å². The van der Waals surface area contributed by atoms with Gasteiger partial charge in [-0.1, -0.05) is 0 Å². The lowest BCUT2D eigenvalue weighted by molar-refractivity contribution is 0.150. The molecule has 0 aromatic carbocycles. The second-order valence-corrected chi connectivity index (χ2v) is 6.33. The van der Waals surface area contributed by atoms with E-state index in [0.717, 1.165) is 0 Å². The van der Waals surface area contributed by atoms with Crippen molar-refractivity contribution < 1.29 is 18.6 Å². The third-order valence-electron chi connectivity index (χ3n) is 1.66. The zero-order valence-corrected chi connectivity index (χ0v) is 9.25. The highest BCUT2D eigenvalue weighted by Gasteiger charge is 2.34. The third-order valence-corrected chi connectivity index (χ3v) is 4.97. The van der Waals surface area contributed by atoms with Crippen LogP contribution in [-0.4, -0.2) is 55.4 Å². The molecule has 5 heteroatoms. The van der Waals surface area contributed by atoms with E-state index in [1.54, 1.807) is 28.4 Å². The first kappa shape index (κ1) is 12.1. The fourth-order valence-corrected chi connectivity index (χ4v) is 3.27. The summed E-state index contributed by atoms with van der Waals surface area (Å²) in [5, 5.41) is 0. The molecule has 0 bridgehead atoms. The second-order valence-electron chi connectivity index (χ2n) is 2.69. The molecule has 0 aliphatic rings. The van der Waals surface area contributed by atoms with Gasteiger partial charge in [0.25, 0.3) is 8.32 Å². The third kappa shape index (κ3) is 3.64. The number of methoxy groups -OCH3 is 3. The van der Waals surface area contributed by atoms with E-state index in [-0.39, 0.29) is 0 Å². The average molecular weight is 194 g/mol. The van der Waals surface area contributed by atoms with Crippen LogP contribution in [0.2, 0.25) is 0 Å². The first-order chi connectivity index (χ1) is 5.74. The molecule has 0 spiro atoms. The van der Waals surface area contributed by atoms with Crippen LogP contribution in [0.25, 0.3) is 0 Å². The Hall–Kier alpha value is 0.0569. The molecule has 0 unspecified atom stereocenters. The Morgan fingerprint density at radius 2 is 1.08 bits per heavy atom. The predicted octanol–water partition coefficient (Wildman–Crippen LogP) is 0.135. The Balaban J connectivity index is 4.06. The molecule has 0 amide bonds. The van der Waals surface area contributed by atoms with Crippen LogP contribution in [0.15, 0.2) is 0 Å². The van der Waals surface area contributed by atoms with Crippen molar-refractivity contribution in [1.29, 1.82) is 0 Å². The van der Waals surface area contributed by atoms with Gasteiger partial charge in [0.15, 0.2) is 0 Å². The summed E-state index contributed by atoms with van der Waals surface area (Å²) in [4.78, 5) is 0. The summed E-state index contributed by atoms with van der Waals surface area (Å²) in [6, 6.07) is 0. The van der Waals surface area contributed by atoms with E-state index in [2.05, 4.69) is 0 Å². The smallest absolute Gasteiger partial charge is 0.267 e. The fraction of sp³-hybridized carbons (Fsp3) is 1.00. The van der Waals surface area contributed by atoms with E-state index in [4.69, 9.17) is 18.6 Å². The number of hydrogen-bond acceptors (Lipinski definition) is 4. The molecule has 0 aliphatic carbocycles. The van der Waals surface area contributed by atoms with Gasteiger partial charge in [0.1, 0.15) is 0 Å². The summed E-state index contributed by atoms with van der Waals surface area (Å²) in [7, 11) is 4.72. The van der Waals surface area contributed by atoms with Crippen LogP contribution in [0.5, 0.6) is 0 Å². The molecule has 0 aromatic heterocycles. The van der Waals surface area contributed by atoms with Gasteiger partial charge < -0.3 is 18.6 Å². The van der Waals surface area contributed by atoms with Gasteiger partial charge in [-0.3, -0.25) is 0 Å². The molecule has 0 aliphatic heterocycles. The lowest BCUT2D eigenvalue weighted by atomic mass is 11.5. The Morgan fingerprint density at radius 1 is 0.750 bits per heavy atom. The van der Waals surface area contributed by atoms with Crippen molar-refractivity contribution in [1.82, 2.24) is 0 Å². The maximum absolute atomic E-state index is 5.42. The van der Waals surface area contributed by atoms with Crippen molar-refractivity contribution in [2.45, 2.75) is 0 Å². The van der Waals surface area contributed by atoms with Crippen molar-refractivity contribution in [2.75, 3.05) is 47.1 Å². The minimum atomic E-state index is -1.94. The maximum atomic E-state index is 5.42. The van der Waals surface area contributed by atoms with Crippen LogP contribution in [0.3, 0.4) is 0 Å². The summed E-state index contributed by atoms with van der Waals surface area (Å²) in [6.07, 6.45) is 1.81. The Morgan fingerprint density at radius 3 is 1.25 bits per heavy atom. The molecular weight excluding hydrogens is 176 g/mol. The van der Waals surface area contributed by atoms with Crippen LogP contribution >= 0.6 is 0 Å². The summed E-state index contributed by atoms with van der Waals surface area (Å²) in [6.45, 7) is 0. The van der Waals surface area contributed by atoms with Gasteiger partial charge in [-0.2, -0.15) is 0 Å². The lowest BCUT2D eigenvalue weighted by Crippen LogP contribution is -2.52. The summed E-state index contributed by atoms with van der Waals surface area (Å²) >= 11 is 0. The predicted molar refractivity (Wildman–Crippen MR) is 48.4 cm³/mol. The molecule has 0 N–H and O–H groups in total. The average Bonchev–Trinajstić information content (AvgIpc) is 2.06. The Labute approximate surface area is 74.9 Å². The van der Waals surface area contributed by atoms with Gasteiger partial charge in [-0.15, -0.1) is 0 Å². The van der Waals surface area contributed by atoms with Crippen molar-refractivity contribution in [3.63, 3.8) is 0 Å². The minimum Gasteiger partial charge on any atom is -0.413 e. The van der Waals surface area contributed by atoms with Gasteiger partial charge in [0.2, 0.25) is 0 Å². The van der Waals surface area contributed by atoms with Crippen LogP contribution < -0.4 is 0 Å². The van der Waals surface area contributed by atoms with E-state index in [1.807, 2.05) is 0 Å². The van der Waals surface area contributed by atoms with E-state index < -0.39 is 8.32 Å². The molecule has 0 saturated heterocycles. The topological polar surface area (TPSA) is 36.9 Å². The first-order valence-corrected chi connectivity index (χ1v) is 6.29. The molecule has 4 nitrogen and oxygen atoms in total. The van der Waals surface area contributed by atoms with Crippen LogP contribution in [0.4, 0.5) is 0 Å². The van der Waals surface area contributed by atoms with Crippen molar-refractivity contribution in [2.24, 2.45) is 0 Å². The lowest BCUT2D eigenvalue weighted by Gasteiger charge is -2.26. The molecule has 12 heavy (non-hydrogen) atoms. The molecular formula is C7H18O4Si. The maximum Gasteiger partial charge on any atom is 0.267 e. The largest absolute Gasteiger partial charge is 0.413 e. The first-order valence-electron chi connectivity index (χ1n) is 3.76. The zero-order valence-electron chi connectivity index (χ0n) is 8.25. The quantitative estimate of drug-likeness (QED) is 0.540. The molecule has 74 valence electrons. The highest BCUT2D eigenvalue weighted by atomic mass is 28.4.